The number of hydrogen-bond acceptors (Lipinski definition) is 4. The van der Waals surface area contributed by atoms with Crippen molar-refractivity contribution in [2.24, 2.45) is 0 Å². The van der Waals surface area contributed by atoms with Crippen LogP contribution in [0.25, 0.3) is 0 Å². The minimum Gasteiger partial charge on any atom is -0.493 e. The Balaban J connectivity index is 1.61. The van der Waals surface area contributed by atoms with Crippen LogP contribution in [0.3, 0.4) is 0 Å². The van der Waals surface area contributed by atoms with Gasteiger partial charge in [0.15, 0.2) is 11.5 Å². The first-order valence-corrected chi connectivity index (χ1v) is 12.3. The summed E-state index contributed by atoms with van der Waals surface area (Å²) in [5.41, 5.74) is 2.31. The van der Waals surface area contributed by atoms with Crippen LogP contribution >= 0.6 is 34.8 Å². The van der Waals surface area contributed by atoms with E-state index in [1.165, 1.54) is 12.0 Å². The molecule has 1 heterocycles. The summed E-state index contributed by atoms with van der Waals surface area (Å²) in [6.07, 6.45) is 1.18. The highest BCUT2D eigenvalue weighted by Crippen LogP contribution is 2.44. The average Bonchev–Trinajstić information content (AvgIpc) is 3.16. The van der Waals surface area contributed by atoms with Gasteiger partial charge in [0.25, 0.3) is 5.91 Å². The lowest BCUT2D eigenvalue weighted by molar-refractivity contribution is -0.137. The molecule has 1 aliphatic heterocycles. The molecule has 0 unspecified atom stereocenters. The van der Waals surface area contributed by atoms with Crippen molar-refractivity contribution in [3.05, 3.63) is 91.9 Å². The fraction of sp³-hybridized carbons (Fsp3) is 0.259. The second kappa shape index (κ2) is 10.6. The van der Waals surface area contributed by atoms with Gasteiger partial charge in [0.1, 0.15) is 12.1 Å². The molecule has 188 valence electrons. The van der Waals surface area contributed by atoms with Crippen LogP contribution < -0.4 is 9.47 Å². The lowest BCUT2D eigenvalue weighted by Crippen LogP contribution is -2.35. The normalized spacial score (nSPS) is 16.2. The number of methoxy groups -OCH3 is 1. The fourth-order valence-electron chi connectivity index (χ4n) is 4.40. The van der Waals surface area contributed by atoms with Gasteiger partial charge in [-0.05, 0) is 54.4 Å². The van der Waals surface area contributed by atoms with E-state index >= 15 is 0 Å². The van der Waals surface area contributed by atoms with Crippen LogP contribution in [-0.2, 0) is 24.2 Å². The Morgan fingerprint density at radius 3 is 2.36 bits per heavy atom. The van der Waals surface area contributed by atoms with E-state index in [9.17, 15) is 14.7 Å². The van der Waals surface area contributed by atoms with E-state index in [2.05, 4.69) is 0 Å². The summed E-state index contributed by atoms with van der Waals surface area (Å²) >= 11 is 18.1. The number of hydrogen-bond donors (Lipinski definition) is 1. The van der Waals surface area contributed by atoms with Crippen molar-refractivity contribution in [3.8, 4) is 11.5 Å². The van der Waals surface area contributed by atoms with Crippen molar-refractivity contribution in [2.75, 3.05) is 13.7 Å². The van der Waals surface area contributed by atoms with Gasteiger partial charge in [0.05, 0.1) is 17.2 Å². The monoisotopic (exact) mass is 547 g/mol. The van der Waals surface area contributed by atoms with Gasteiger partial charge in [0, 0.05) is 35.5 Å². The molecule has 1 amide bonds. The number of amides is 1. The molecule has 9 heteroatoms. The van der Waals surface area contributed by atoms with Crippen LogP contribution in [0.4, 0.5) is 0 Å². The predicted molar refractivity (Wildman–Crippen MR) is 140 cm³/mol. The van der Waals surface area contributed by atoms with Crippen molar-refractivity contribution >= 4 is 46.7 Å². The summed E-state index contributed by atoms with van der Waals surface area (Å²) in [6, 6.07) is 15.9. The van der Waals surface area contributed by atoms with E-state index in [0.717, 1.165) is 11.1 Å². The number of carbonyl (C=O) groups excluding carboxylic acids is 1. The molecule has 1 aliphatic rings. The average molecular weight is 549 g/mol. The van der Waals surface area contributed by atoms with Gasteiger partial charge >= 0.3 is 5.97 Å². The Kier molecular flexibility index (Phi) is 7.69. The summed E-state index contributed by atoms with van der Waals surface area (Å²) in [6.45, 7) is 1.57. The number of nitrogens with zero attached hydrogens (tertiary/aromatic N) is 1. The Morgan fingerprint density at radius 1 is 1.03 bits per heavy atom. The molecule has 0 fully saturated rings. The molecular weight excluding hydrogens is 525 g/mol. The Hall–Kier alpha value is -2.93. The highest BCUT2D eigenvalue weighted by Gasteiger charge is 2.38. The van der Waals surface area contributed by atoms with E-state index < -0.39 is 24.0 Å². The number of carboxylic acids is 1. The molecule has 0 saturated heterocycles. The van der Waals surface area contributed by atoms with Crippen molar-refractivity contribution < 1.29 is 24.2 Å². The van der Waals surface area contributed by atoms with Crippen LogP contribution in [0.15, 0.2) is 54.6 Å². The molecule has 3 aromatic rings. The number of halogens is 3. The molecule has 0 aromatic heterocycles. The van der Waals surface area contributed by atoms with Crippen LogP contribution in [-0.4, -0.2) is 41.1 Å². The van der Waals surface area contributed by atoms with E-state index in [1.807, 2.05) is 31.2 Å². The van der Waals surface area contributed by atoms with Crippen molar-refractivity contribution in [1.82, 2.24) is 4.90 Å². The Labute approximate surface area is 224 Å². The lowest BCUT2D eigenvalue weighted by Gasteiger charge is -2.24. The SMILES string of the molecule is COc1cc(C(=O)N(CC(=O)O)Cc2ccc(Cl)c(Cl)c2)cc2c1O[C@@](C)(Cc1ccc(Cl)cc1)C2. The number of carboxylic acid groups (broad SMARTS) is 1. The van der Waals surface area contributed by atoms with Gasteiger partial charge in [-0.15, -0.1) is 0 Å². The van der Waals surface area contributed by atoms with Gasteiger partial charge in [-0.3, -0.25) is 9.59 Å². The summed E-state index contributed by atoms with van der Waals surface area (Å²) < 4.78 is 11.9. The molecule has 36 heavy (non-hydrogen) atoms. The molecule has 3 aromatic carbocycles. The third-order valence-electron chi connectivity index (χ3n) is 5.97. The Morgan fingerprint density at radius 2 is 1.72 bits per heavy atom. The van der Waals surface area contributed by atoms with Gasteiger partial charge < -0.3 is 19.5 Å². The van der Waals surface area contributed by atoms with Gasteiger partial charge in [-0.25, -0.2) is 0 Å². The van der Waals surface area contributed by atoms with Crippen molar-refractivity contribution in [2.45, 2.75) is 31.9 Å². The molecule has 1 atom stereocenters. The third-order valence-corrected chi connectivity index (χ3v) is 6.96. The first-order chi connectivity index (χ1) is 17.1. The smallest absolute Gasteiger partial charge is 0.323 e. The molecule has 0 spiro atoms. The zero-order chi connectivity index (χ0) is 26.0. The summed E-state index contributed by atoms with van der Waals surface area (Å²) in [5.74, 6) is -0.577. The van der Waals surface area contributed by atoms with E-state index in [-0.39, 0.29) is 6.54 Å². The van der Waals surface area contributed by atoms with Gasteiger partial charge in [0.2, 0.25) is 0 Å². The molecule has 0 aliphatic carbocycles. The van der Waals surface area contributed by atoms with Crippen molar-refractivity contribution in [1.29, 1.82) is 0 Å². The number of aliphatic carboxylic acids is 1. The molecule has 6 nitrogen and oxygen atoms in total. The second-order valence-corrected chi connectivity index (χ2v) is 10.3. The highest BCUT2D eigenvalue weighted by atomic mass is 35.5. The lowest BCUT2D eigenvalue weighted by atomic mass is 9.91. The minimum absolute atomic E-state index is 0.0478. The largest absolute Gasteiger partial charge is 0.493 e. The van der Waals surface area contributed by atoms with Crippen LogP contribution in [0.5, 0.6) is 11.5 Å². The molecule has 0 bridgehead atoms. The maximum Gasteiger partial charge on any atom is 0.323 e. The molecule has 1 N–H and O–H groups in total. The summed E-state index contributed by atoms with van der Waals surface area (Å²) in [5, 5.41) is 10.8. The van der Waals surface area contributed by atoms with Crippen LogP contribution in [0.1, 0.15) is 34.0 Å². The number of benzene rings is 3. The zero-order valence-corrected chi connectivity index (χ0v) is 22.0. The predicted octanol–water partition coefficient (Wildman–Crippen LogP) is 6.32. The zero-order valence-electron chi connectivity index (χ0n) is 19.7. The number of ether oxygens (including phenoxy) is 2. The molecule has 4 rings (SSSR count). The topological polar surface area (TPSA) is 76.1 Å². The van der Waals surface area contributed by atoms with Crippen LogP contribution in [0.2, 0.25) is 15.1 Å². The standard InChI is InChI=1S/C27H24Cl3NO5/c1-27(12-16-3-6-20(28)7-4-16)13-19-10-18(11-23(35-2)25(19)36-27)26(34)31(15-24(32)33)14-17-5-8-21(29)22(30)9-17/h3-11H,12-15H2,1-2H3,(H,32,33)/t27-/m0/s1. The van der Waals surface area contributed by atoms with Crippen molar-refractivity contribution in [3.63, 3.8) is 0 Å². The van der Waals surface area contributed by atoms with E-state index in [4.69, 9.17) is 44.3 Å². The Bertz CT molecular complexity index is 1310. The minimum atomic E-state index is -1.13. The number of rotatable bonds is 8. The van der Waals surface area contributed by atoms with Crippen LogP contribution in [0, 0.1) is 0 Å². The quantitative estimate of drug-likeness (QED) is 0.357. The highest BCUT2D eigenvalue weighted by molar-refractivity contribution is 6.42. The maximum absolute atomic E-state index is 13.5. The molecule has 0 radical (unpaired) electrons. The maximum atomic E-state index is 13.5. The van der Waals surface area contributed by atoms with Gasteiger partial charge in [-0.1, -0.05) is 53.0 Å². The molecular formula is C27H24Cl3NO5. The van der Waals surface area contributed by atoms with E-state index in [0.29, 0.717) is 50.5 Å². The second-order valence-electron chi connectivity index (χ2n) is 9.00. The van der Waals surface area contributed by atoms with E-state index in [1.54, 1.807) is 30.3 Å². The van der Waals surface area contributed by atoms with Gasteiger partial charge in [-0.2, -0.15) is 0 Å². The fourth-order valence-corrected chi connectivity index (χ4v) is 4.85. The molecule has 0 saturated carbocycles. The summed E-state index contributed by atoms with van der Waals surface area (Å²) in [7, 11) is 1.51. The number of carbonyl (C=O) groups is 2. The summed E-state index contributed by atoms with van der Waals surface area (Å²) in [4.78, 5) is 26.3. The first kappa shape index (κ1) is 26.1. The number of fused-ring (bicyclic) bond motifs is 1. The third kappa shape index (κ3) is 5.89. The first-order valence-electron chi connectivity index (χ1n) is 11.2.